The molecule has 5 heteroatoms. The molecule has 0 saturated carbocycles. The quantitative estimate of drug-likeness (QED) is 0.564. The van der Waals surface area contributed by atoms with Gasteiger partial charge in [0.15, 0.2) is 11.5 Å². The molecule has 1 heterocycles. The third-order valence-corrected chi connectivity index (χ3v) is 3.97. The standard InChI is InChI=1S/C16H9BrClNO2/c17-14-7-16-15(20-9-21-16)6-11(14)4-12(8-19)10-2-1-3-13(18)5-10/h1-7H,9H2/b12-4+. The molecule has 0 radical (unpaired) electrons. The van der Waals surface area contributed by atoms with Crippen LogP contribution in [0.4, 0.5) is 0 Å². The first-order valence-corrected chi connectivity index (χ1v) is 7.31. The van der Waals surface area contributed by atoms with Gasteiger partial charge in [-0.25, -0.2) is 0 Å². The Morgan fingerprint density at radius 3 is 2.71 bits per heavy atom. The monoisotopic (exact) mass is 361 g/mol. The van der Waals surface area contributed by atoms with Gasteiger partial charge in [-0.15, -0.1) is 0 Å². The highest BCUT2D eigenvalue weighted by atomic mass is 79.9. The third-order valence-electron chi connectivity index (χ3n) is 3.05. The first-order valence-electron chi connectivity index (χ1n) is 6.14. The molecular formula is C16H9BrClNO2. The molecule has 1 aliphatic rings. The fraction of sp³-hybridized carbons (Fsp3) is 0.0625. The molecule has 0 aromatic heterocycles. The summed E-state index contributed by atoms with van der Waals surface area (Å²) in [6.07, 6.45) is 1.79. The van der Waals surface area contributed by atoms with Crippen LogP contribution >= 0.6 is 27.5 Å². The number of hydrogen-bond donors (Lipinski definition) is 0. The Kier molecular flexibility index (Phi) is 3.87. The van der Waals surface area contributed by atoms with Crippen LogP contribution in [0.1, 0.15) is 11.1 Å². The summed E-state index contributed by atoms with van der Waals surface area (Å²) in [5.41, 5.74) is 2.14. The van der Waals surface area contributed by atoms with Crippen LogP contribution in [0.25, 0.3) is 11.6 Å². The average Bonchev–Trinajstić information content (AvgIpc) is 2.91. The Morgan fingerprint density at radius 1 is 1.24 bits per heavy atom. The van der Waals surface area contributed by atoms with E-state index < -0.39 is 0 Å². The second kappa shape index (κ2) is 5.80. The highest BCUT2D eigenvalue weighted by molar-refractivity contribution is 9.10. The molecular weight excluding hydrogens is 354 g/mol. The second-order valence-electron chi connectivity index (χ2n) is 4.41. The van der Waals surface area contributed by atoms with Gasteiger partial charge in [0.25, 0.3) is 0 Å². The molecule has 0 unspecified atom stereocenters. The van der Waals surface area contributed by atoms with Gasteiger partial charge < -0.3 is 9.47 Å². The van der Waals surface area contributed by atoms with Crippen molar-refractivity contribution in [3.8, 4) is 17.6 Å². The van der Waals surface area contributed by atoms with Crippen molar-refractivity contribution >= 4 is 39.2 Å². The SMILES string of the molecule is N#C/C(=C\c1cc2c(cc1Br)OCO2)c1cccc(Cl)c1. The Labute approximate surface area is 135 Å². The Morgan fingerprint density at radius 2 is 2.00 bits per heavy atom. The molecule has 104 valence electrons. The first kappa shape index (κ1) is 14.0. The predicted octanol–water partition coefficient (Wildman–Crippen LogP) is 4.90. The zero-order chi connectivity index (χ0) is 14.8. The molecule has 0 saturated heterocycles. The van der Waals surface area contributed by atoms with E-state index in [1.165, 1.54) is 0 Å². The zero-order valence-electron chi connectivity index (χ0n) is 10.8. The number of nitrogens with zero attached hydrogens (tertiary/aromatic N) is 1. The Bertz CT molecular complexity index is 780. The minimum atomic E-state index is 0.217. The molecule has 0 aliphatic carbocycles. The van der Waals surface area contributed by atoms with E-state index in [2.05, 4.69) is 22.0 Å². The molecule has 21 heavy (non-hydrogen) atoms. The van der Waals surface area contributed by atoms with E-state index in [4.69, 9.17) is 21.1 Å². The highest BCUT2D eigenvalue weighted by Gasteiger charge is 2.16. The summed E-state index contributed by atoms with van der Waals surface area (Å²) >= 11 is 9.45. The Hall–Kier alpha value is -1.96. The van der Waals surface area contributed by atoms with Crippen LogP contribution in [0, 0.1) is 11.3 Å². The van der Waals surface area contributed by atoms with Gasteiger partial charge in [-0.05, 0) is 41.5 Å². The summed E-state index contributed by atoms with van der Waals surface area (Å²) in [5, 5.41) is 9.98. The number of halogens is 2. The maximum absolute atomic E-state index is 9.38. The smallest absolute Gasteiger partial charge is 0.231 e. The van der Waals surface area contributed by atoms with E-state index in [1.807, 2.05) is 24.3 Å². The molecule has 0 bridgehead atoms. The van der Waals surface area contributed by atoms with E-state index in [0.717, 1.165) is 15.6 Å². The number of benzene rings is 2. The van der Waals surface area contributed by atoms with Crippen LogP contribution in [0.2, 0.25) is 5.02 Å². The maximum Gasteiger partial charge on any atom is 0.231 e. The fourth-order valence-corrected chi connectivity index (χ4v) is 2.66. The van der Waals surface area contributed by atoms with Crippen LogP contribution in [0.5, 0.6) is 11.5 Å². The molecule has 0 amide bonds. The van der Waals surface area contributed by atoms with E-state index in [0.29, 0.717) is 22.1 Å². The summed E-state index contributed by atoms with van der Waals surface area (Å²) in [6, 6.07) is 13.1. The van der Waals surface area contributed by atoms with E-state index in [1.54, 1.807) is 18.2 Å². The predicted molar refractivity (Wildman–Crippen MR) is 85.2 cm³/mol. The van der Waals surface area contributed by atoms with E-state index in [9.17, 15) is 5.26 Å². The number of fused-ring (bicyclic) bond motifs is 1. The number of hydrogen-bond acceptors (Lipinski definition) is 3. The van der Waals surface area contributed by atoms with Crippen molar-refractivity contribution in [3.63, 3.8) is 0 Å². The van der Waals surface area contributed by atoms with Crippen LogP contribution in [-0.4, -0.2) is 6.79 Å². The van der Waals surface area contributed by atoms with Crippen LogP contribution in [-0.2, 0) is 0 Å². The lowest BCUT2D eigenvalue weighted by molar-refractivity contribution is 0.174. The van der Waals surface area contributed by atoms with Crippen molar-refractivity contribution in [1.82, 2.24) is 0 Å². The van der Waals surface area contributed by atoms with E-state index in [-0.39, 0.29) is 6.79 Å². The van der Waals surface area contributed by atoms with Gasteiger partial charge in [0.1, 0.15) is 0 Å². The molecule has 0 fully saturated rings. The lowest BCUT2D eigenvalue weighted by Crippen LogP contribution is -1.92. The van der Waals surface area contributed by atoms with E-state index >= 15 is 0 Å². The van der Waals surface area contributed by atoms with Crippen LogP contribution < -0.4 is 9.47 Å². The van der Waals surface area contributed by atoms with Crippen molar-refractivity contribution < 1.29 is 9.47 Å². The summed E-state index contributed by atoms with van der Waals surface area (Å²) in [6.45, 7) is 0.217. The minimum absolute atomic E-state index is 0.217. The van der Waals surface area contributed by atoms with Gasteiger partial charge in [-0.1, -0.05) is 39.7 Å². The molecule has 3 nitrogen and oxygen atoms in total. The largest absolute Gasteiger partial charge is 0.454 e. The average molecular weight is 363 g/mol. The number of nitriles is 1. The molecule has 2 aromatic rings. The van der Waals surface area contributed by atoms with Crippen molar-refractivity contribution in [1.29, 1.82) is 5.26 Å². The van der Waals surface area contributed by atoms with Crippen molar-refractivity contribution in [2.75, 3.05) is 6.79 Å². The lowest BCUT2D eigenvalue weighted by Gasteiger charge is -2.04. The van der Waals surface area contributed by atoms with Gasteiger partial charge >= 0.3 is 0 Å². The molecule has 3 rings (SSSR count). The van der Waals surface area contributed by atoms with Gasteiger partial charge in [0.2, 0.25) is 6.79 Å². The maximum atomic E-state index is 9.38. The van der Waals surface area contributed by atoms with Crippen LogP contribution in [0.3, 0.4) is 0 Å². The zero-order valence-corrected chi connectivity index (χ0v) is 13.1. The normalized spacial score (nSPS) is 13.1. The Balaban J connectivity index is 2.06. The summed E-state index contributed by atoms with van der Waals surface area (Å²) < 4.78 is 11.5. The van der Waals surface area contributed by atoms with Gasteiger partial charge in [-0.3, -0.25) is 0 Å². The lowest BCUT2D eigenvalue weighted by atomic mass is 10.0. The summed E-state index contributed by atoms with van der Waals surface area (Å²) in [4.78, 5) is 0. The molecule has 1 aliphatic heterocycles. The fourth-order valence-electron chi connectivity index (χ4n) is 2.04. The number of ether oxygens (including phenoxy) is 2. The van der Waals surface area contributed by atoms with Gasteiger partial charge in [-0.2, -0.15) is 5.26 Å². The third kappa shape index (κ3) is 2.90. The van der Waals surface area contributed by atoms with Gasteiger partial charge in [0, 0.05) is 9.50 Å². The second-order valence-corrected chi connectivity index (χ2v) is 5.70. The molecule has 0 N–H and O–H groups in total. The van der Waals surface area contributed by atoms with Gasteiger partial charge in [0.05, 0.1) is 11.6 Å². The molecule has 2 aromatic carbocycles. The number of allylic oxidation sites excluding steroid dienone is 1. The first-order chi connectivity index (χ1) is 10.2. The molecule has 0 spiro atoms. The highest BCUT2D eigenvalue weighted by Crippen LogP contribution is 2.38. The molecule has 0 atom stereocenters. The van der Waals surface area contributed by atoms with Crippen molar-refractivity contribution in [3.05, 3.63) is 57.0 Å². The van der Waals surface area contributed by atoms with Crippen LogP contribution in [0.15, 0.2) is 40.9 Å². The minimum Gasteiger partial charge on any atom is -0.454 e. The van der Waals surface area contributed by atoms with Crippen molar-refractivity contribution in [2.45, 2.75) is 0 Å². The number of rotatable bonds is 2. The summed E-state index contributed by atoms with van der Waals surface area (Å²) in [5.74, 6) is 1.37. The topological polar surface area (TPSA) is 42.2 Å². The summed E-state index contributed by atoms with van der Waals surface area (Å²) in [7, 11) is 0. The van der Waals surface area contributed by atoms with Crippen molar-refractivity contribution in [2.24, 2.45) is 0 Å².